The number of benzene rings is 2. The van der Waals surface area contributed by atoms with E-state index in [0.717, 1.165) is 5.56 Å². The van der Waals surface area contributed by atoms with Crippen LogP contribution in [0, 0.1) is 0 Å². The van der Waals surface area contributed by atoms with Crippen LogP contribution >= 0.6 is 0 Å². The maximum atomic E-state index is 12.5. The van der Waals surface area contributed by atoms with Crippen LogP contribution in [0.15, 0.2) is 47.5 Å². The Labute approximate surface area is 163 Å². The second kappa shape index (κ2) is 9.61. The molecular formula is C20H22N2O6. The van der Waals surface area contributed by atoms with Gasteiger partial charge in [-0.1, -0.05) is 12.1 Å². The molecule has 2 aromatic rings. The summed E-state index contributed by atoms with van der Waals surface area (Å²) in [4.78, 5) is 16.9. The Morgan fingerprint density at radius 1 is 1.11 bits per heavy atom. The molecule has 0 bridgehead atoms. The fraction of sp³-hybridized carbons (Fsp3) is 0.300. The molecule has 148 valence electrons. The molecule has 2 aromatic carbocycles. The van der Waals surface area contributed by atoms with E-state index >= 15 is 0 Å². The summed E-state index contributed by atoms with van der Waals surface area (Å²) in [5, 5.41) is 2.69. The number of nitrogens with one attached hydrogen (secondary N) is 1. The summed E-state index contributed by atoms with van der Waals surface area (Å²) in [6.07, 6.45) is 0. The van der Waals surface area contributed by atoms with Crippen molar-refractivity contribution in [2.24, 2.45) is 4.99 Å². The highest BCUT2D eigenvalue weighted by Gasteiger charge is 2.14. The normalized spacial score (nSPS) is 12.6. The van der Waals surface area contributed by atoms with Crippen molar-refractivity contribution in [3.63, 3.8) is 0 Å². The standard InChI is InChI=1S/C20H22N2O6/c1-24-8-9-26-20(22-19(23)15-4-3-5-16(11-15)25-2)21-12-14-6-7-17-18(10-14)28-13-27-17/h3-7,10-11H,8-9,12-13H2,1-2H3,(H,21,22,23). The number of amidine groups is 1. The molecule has 8 heteroatoms. The number of carbonyl (C=O) groups excluding carboxylic acids is 1. The summed E-state index contributed by atoms with van der Waals surface area (Å²) in [6, 6.07) is 12.5. The number of amides is 1. The van der Waals surface area contributed by atoms with Crippen molar-refractivity contribution >= 4 is 11.9 Å². The van der Waals surface area contributed by atoms with E-state index in [4.69, 9.17) is 23.7 Å². The van der Waals surface area contributed by atoms with Gasteiger partial charge in [-0.25, -0.2) is 4.99 Å². The van der Waals surface area contributed by atoms with Crippen LogP contribution < -0.4 is 19.5 Å². The van der Waals surface area contributed by atoms with Gasteiger partial charge in [0.25, 0.3) is 11.9 Å². The van der Waals surface area contributed by atoms with E-state index in [1.54, 1.807) is 38.5 Å². The van der Waals surface area contributed by atoms with Crippen molar-refractivity contribution in [1.29, 1.82) is 0 Å². The van der Waals surface area contributed by atoms with E-state index in [2.05, 4.69) is 10.3 Å². The van der Waals surface area contributed by atoms with Crippen LogP contribution in [0.3, 0.4) is 0 Å². The average Bonchev–Trinajstić information content (AvgIpc) is 3.20. The van der Waals surface area contributed by atoms with Gasteiger partial charge in [-0.2, -0.15) is 0 Å². The number of nitrogens with zero attached hydrogens (tertiary/aromatic N) is 1. The van der Waals surface area contributed by atoms with Crippen molar-refractivity contribution in [3.8, 4) is 17.2 Å². The van der Waals surface area contributed by atoms with Gasteiger partial charge in [0, 0.05) is 12.7 Å². The van der Waals surface area contributed by atoms with Gasteiger partial charge in [-0.15, -0.1) is 0 Å². The first-order valence-electron chi connectivity index (χ1n) is 8.69. The topological polar surface area (TPSA) is 87.6 Å². The summed E-state index contributed by atoms with van der Waals surface area (Å²) in [6.45, 7) is 1.15. The number of methoxy groups -OCH3 is 2. The molecule has 1 aliphatic rings. The molecular weight excluding hydrogens is 364 g/mol. The SMILES string of the molecule is COCCOC(=NCc1ccc2c(c1)OCO2)NC(=O)c1cccc(OC)c1. The number of fused-ring (bicyclic) bond motifs is 1. The summed E-state index contributed by atoms with van der Waals surface area (Å²) in [5.41, 5.74) is 1.33. The molecule has 1 amide bonds. The van der Waals surface area contributed by atoms with Gasteiger partial charge in [0.1, 0.15) is 12.4 Å². The lowest BCUT2D eigenvalue weighted by atomic mass is 10.2. The molecule has 0 aliphatic carbocycles. The molecule has 1 aliphatic heterocycles. The molecule has 3 rings (SSSR count). The van der Waals surface area contributed by atoms with E-state index < -0.39 is 0 Å². The highest BCUT2D eigenvalue weighted by Crippen LogP contribution is 2.32. The van der Waals surface area contributed by atoms with Crippen LogP contribution in [-0.4, -0.2) is 46.2 Å². The minimum Gasteiger partial charge on any atom is -0.497 e. The number of hydrogen-bond acceptors (Lipinski definition) is 7. The molecule has 0 saturated heterocycles. The van der Waals surface area contributed by atoms with Crippen molar-refractivity contribution in [3.05, 3.63) is 53.6 Å². The minimum absolute atomic E-state index is 0.113. The van der Waals surface area contributed by atoms with E-state index in [-0.39, 0.29) is 25.3 Å². The molecule has 8 nitrogen and oxygen atoms in total. The smallest absolute Gasteiger partial charge is 0.292 e. The van der Waals surface area contributed by atoms with E-state index in [9.17, 15) is 4.79 Å². The van der Waals surface area contributed by atoms with Gasteiger partial charge in [0.2, 0.25) is 6.79 Å². The Hall–Kier alpha value is -3.26. The predicted octanol–water partition coefficient (Wildman–Crippen LogP) is 2.37. The zero-order valence-corrected chi connectivity index (χ0v) is 15.8. The maximum Gasteiger partial charge on any atom is 0.292 e. The number of carbonyl (C=O) groups is 1. The lowest BCUT2D eigenvalue weighted by molar-refractivity contribution is 0.0953. The van der Waals surface area contributed by atoms with Gasteiger partial charge in [0.15, 0.2) is 11.5 Å². The van der Waals surface area contributed by atoms with Crippen molar-refractivity contribution < 1.29 is 28.5 Å². The van der Waals surface area contributed by atoms with Gasteiger partial charge in [0.05, 0.1) is 20.3 Å². The molecule has 0 saturated carbocycles. The first-order chi connectivity index (χ1) is 13.7. The first-order valence-corrected chi connectivity index (χ1v) is 8.69. The van der Waals surface area contributed by atoms with E-state index in [1.165, 1.54) is 0 Å². The predicted molar refractivity (Wildman–Crippen MR) is 102 cm³/mol. The lowest BCUT2D eigenvalue weighted by Gasteiger charge is -2.11. The Balaban J connectivity index is 1.70. The molecule has 28 heavy (non-hydrogen) atoms. The molecule has 0 spiro atoms. The number of aliphatic imine (C=N–C) groups is 1. The fourth-order valence-electron chi connectivity index (χ4n) is 2.48. The monoisotopic (exact) mass is 386 g/mol. The van der Waals surface area contributed by atoms with Gasteiger partial charge < -0.3 is 23.7 Å². The molecule has 0 atom stereocenters. The average molecular weight is 386 g/mol. The second-order valence-electron chi connectivity index (χ2n) is 5.84. The first kappa shape index (κ1) is 19.5. The van der Waals surface area contributed by atoms with Crippen molar-refractivity contribution in [1.82, 2.24) is 5.32 Å². The largest absolute Gasteiger partial charge is 0.497 e. The molecule has 1 heterocycles. The van der Waals surface area contributed by atoms with Crippen LogP contribution in [0.4, 0.5) is 0 Å². The van der Waals surface area contributed by atoms with Gasteiger partial charge in [-0.3, -0.25) is 10.1 Å². The number of hydrogen-bond donors (Lipinski definition) is 1. The van der Waals surface area contributed by atoms with Crippen LogP contribution in [0.25, 0.3) is 0 Å². The summed E-state index contributed by atoms with van der Waals surface area (Å²) in [5.74, 6) is 1.62. The molecule has 0 aromatic heterocycles. The zero-order valence-electron chi connectivity index (χ0n) is 15.8. The Morgan fingerprint density at radius 2 is 1.96 bits per heavy atom. The van der Waals surface area contributed by atoms with Crippen LogP contribution in [0.5, 0.6) is 17.2 Å². The quantitative estimate of drug-likeness (QED) is 0.447. The Bertz CT molecular complexity index is 852. The second-order valence-corrected chi connectivity index (χ2v) is 5.84. The Morgan fingerprint density at radius 3 is 2.79 bits per heavy atom. The number of ether oxygens (including phenoxy) is 5. The van der Waals surface area contributed by atoms with Crippen molar-refractivity contribution in [2.45, 2.75) is 6.54 Å². The molecule has 0 unspecified atom stereocenters. The van der Waals surface area contributed by atoms with E-state index in [1.807, 2.05) is 18.2 Å². The summed E-state index contributed by atoms with van der Waals surface area (Å²) in [7, 11) is 3.12. The van der Waals surface area contributed by atoms with E-state index in [0.29, 0.717) is 36.0 Å². The lowest BCUT2D eigenvalue weighted by Crippen LogP contribution is -2.33. The fourth-order valence-corrected chi connectivity index (χ4v) is 2.48. The van der Waals surface area contributed by atoms with Crippen molar-refractivity contribution in [2.75, 3.05) is 34.2 Å². The maximum absolute atomic E-state index is 12.5. The van der Waals surface area contributed by atoms with Crippen LogP contribution in [0.2, 0.25) is 0 Å². The third-order valence-electron chi connectivity index (χ3n) is 3.92. The third-order valence-corrected chi connectivity index (χ3v) is 3.92. The summed E-state index contributed by atoms with van der Waals surface area (Å²) < 4.78 is 26.4. The van der Waals surface area contributed by atoms with Crippen LogP contribution in [-0.2, 0) is 16.0 Å². The zero-order chi connectivity index (χ0) is 19.8. The minimum atomic E-state index is -0.347. The number of rotatable bonds is 7. The molecule has 0 fully saturated rings. The Kier molecular flexibility index (Phi) is 6.69. The molecule has 1 N–H and O–H groups in total. The highest BCUT2D eigenvalue weighted by atomic mass is 16.7. The third kappa shape index (κ3) is 5.14. The molecule has 0 radical (unpaired) electrons. The van der Waals surface area contributed by atoms with Crippen LogP contribution in [0.1, 0.15) is 15.9 Å². The van der Waals surface area contributed by atoms with Gasteiger partial charge >= 0.3 is 0 Å². The summed E-state index contributed by atoms with van der Waals surface area (Å²) >= 11 is 0. The highest BCUT2D eigenvalue weighted by molar-refractivity contribution is 6.04. The van der Waals surface area contributed by atoms with Gasteiger partial charge in [-0.05, 0) is 35.9 Å².